The van der Waals surface area contributed by atoms with E-state index in [4.69, 9.17) is 4.42 Å². The molecule has 3 N–H and O–H groups in total. The van der Waals surface area contributed by atoms with E-state index < -0.39 is 56.0 Å². The molecule has 0 aliphatic carbocycles. The van der Waals surface area contributed by atoms with Gasteiger partial charge in [-0.25, -0.2) is 0 Å². The van der Waals surface area contributed by atoms with Crippen LogP contribution in [0.25, 0.3) is 22.1 Å². The molecule has 3 rings (SSSR count). The molecule has 0 fully saturated rings. The van der Waals surface area contributed by atoms with Gasteiger partial charge in [-0.15, -0.1) is 0 Å². The second kappa shape index (κ2) is 6.12. The van der Waals surface area contributed by atoms with Crippen LogP contribution in [0.15, 0.2) is 55.7 Å². The Labute approximate surface area is 153 Å². The van der Waals surface area contributed by atoms with Crippen LogP contribution in [-0.4, -0.2) is 38.9 Å². The van der Waals surface area contributed by atoms with E-state index in [1.807, 2.05) is 0 Å². The average Bonchev–Trinajstić information content (AvgIpc) is 3.03. The standard InChI is InChI=1S/C14H9O10S3/c15-25(16,17)9-4-3-8-6-12(26(18,19)20)13(11-2-1-5-24-11)14(10(8)7-9)27(21,22)23/h1-5,7H,(H,15,16,17)(H,18,19,20)(H,21,22,23). The molecule has 143 valence electrons. The van der Waals surface area contributed by atoms with Gasteiger partial charge in [0.15, 0.2) is 0 Å². The van der Waals surface area contributed by atoms with Crippen molar-refractivity contribution in [3.05, 3.63) is 42.7 Å². The van der Waals surface area contributed by atoms with E-state index >= 15 is 0 Å². The highest BCUT2D eigenvalue weighted by Crippen LogP contribution is 2.39. The normalized spacial score (nSPS) is 13.1. The van der Waals surface area contributed by atoms with Crippen LogP contribution in [0, 0.1) is 6.07 Å². The van der Waals surface area contributed by atoms with Crippen LogP contribution in [0.3, 0.4) is 0 Å². The number of hydrogen-bond donors (Lipinski definition) is 3. The minimum absolute atomic E-state index is 0.266. The summed E-state index contributed by atoms with van der Waals surface area (Å²) < 4.78 is 104. The Morgan fingerprint density at radius 3 is 2.00 bits per heavy atom. The lowest BCUT2D eigenvalue weighted by molar-refractivity contribution is 0.478. The van der Waals surface area contributed by atoms with Crippen LogP contribution in [0.2, 0.25) is 0 Å². The zero-order valence-electron chi connectivity index (χ0n) is 12.9. The summed E-state index contributed by atoms with van der Waals surface area (Å²) in [5.41, 5.74) is -0.745. The molecular weight excluding hydrogens is 424 g/mol. The van der Waals surface area contributed by atoms with Crippen LogP contribution in [-0.2, 0) is 30.4 Å². The first kappa shape index (κ1) is 19.5. The number of fused-ring (bicyclic) bond motifs is 1. The molecule has 0 amide bonds. The van der Waals surface area contributed by atoms with Gasteiger partial charge in [0, 0.05) is 11.5 Å². The first-order valence-corrected chi connectivity index (χ1v) is 11.1. The lowest BCUT2D eigenvalue weighted by Crippen LogP contribution is -2.09. The Hall–Kier alpha value is -2.29. The molecule has 13 heteroatoms. The molecule has 0 aliphatic heterocycles. The molecule has 10 nitrogen and oxygen atoms in total. The van der Waals surface area contributed by atoms with Crippen molar-refractivity contribution in [2.45, 2.75) is 14.7 Å². The highest BCUT2D eigenvalue weighted by atomic mass is 32.2. The molecule has 0 unspecified atom stereocenters. The number of furan rings is 1. The molecule has 1 heterocycles. The quantitative estimate of drug-likeness (QED) is 0.512. The van der Waals surface area contributed by atoms with Crippen molar-refractivity contribution in [2.75, 3.05) is 0 Å². The van der Waals surface area contributed by atoms with E-state index in [1.165, 1.54) is 6.07 Å². The molecular formula is C14H9O10S3. The smallest absolute Gasteiger partial charge is 0.295 e. The van der Waals surface area contributed by atoms with E-state index in [-0.39, 0.29) is 11.1 Å². The van der Waals surface area contributed by atoms with Crippen molar-refractivity contribution < 1.29 is 43.3 Å². The second-order valence-corrected chi connectivity index (χ2v) is 9.41. The fourth-order valence-corrected chi connectivity index (χ4v) is 4.69. The molecule has 0 saturated carbocycles. The third-order valence-electron chi connectivity index (χ3n) is 3.52. The summed E-state index contributed by atoms with van der Waals surface area (Å²) >= 11 is 0. The Balaban J connectivity index is 2.67. The fraction of sp³-hybridized carbons (Fsp3) is 0. The molecule has 2 aromatic carbocycles. The van der Waals surface area contributed by atoms with Gasteiger partial charge in [-0.1, -0.05) is 6.07 Å². The number of rotatable bonds is 4. The van der Waals surface area contributed by atoms with Gasteiger partial charge in [-0.3, -0.25) is 13.7 Å². The van der Waals surface area contributed by atoms with Gasteiger partial charge in [0.1, 0.15) is 15.6 Å². The van der Waals surface area contributed by atoms with Gasteiger partial charge in [-0.2, -0.15) is 25.3 Å². The first-order valence-electron chi connectivity index (χ1n) is 6.79. The van der Waals surface area contributed by atoms with E-state index in [2.05, 4.69) is 6.07 Å². The minimum Gasteiger partial charge on any atom is -0.464 e. The lowest BCUT2D eigenvalue weighted by Gasteiger charge is -2.13. The first-order chi connectivity index (χ1) is 12.3. The molecule has 0 aliphatic rings. The maximum absolute atomic E-state index is 12.0. The van der Waals surface area contributed by atoms with Crippen LogP contribution in [0.5, 0.6) is 0 Å². The molecule has 1 aromatic heterocycles. The summed E-state index contributed by atoms with van der Waals surface area (Å²) in [5, 5.41) is -0.732. The van der Waals surface area contributed by atoms with Gasteiger partial charge in [0.05, 0.1) is 16.7 Å². The van der Waals surface area contributed by atoms with E-state index in [9.17, 15) is 38.9 Å². The van der Waals surface area contributed by atoms with E-state index in [0.717, 1.165) is 24.5 Å². The zero-order valence-corrected chi connectivity index (χ0v) is 15.3. The van der Waals surface area contributed by atoms with Crippen LogP contribution < -0.4 is 0 Å². The summed E-state index contributed by atoms with van der Waals surface area (Å²) in [4.78, 5) is -2.75. The van der Waals surface area contributed by atoms with Crippen LogP contribution in [0.4, 0.5) is 0 Å². The summed E-state index contributed by atoms with van der Waals surface area (Å²) in [6, 6.07) is 7.24. The zero-order chi connectivity index (χ0) is 20.2. The van der Waals surface area contributed by atoms with Crippen LogP contribution in [0.1, 0.15) is 0 Å². The van der Waals surface area contributed by atoms with E-state index in [1.54, 1.807) is 0 Å². The maximum atomic E-state index is 12.0. The van der Waals surface area contributed by atoms with E-state index in [0.29, 0.717) is 6.07 Å². The summed E-state index contributed by atoms with van der Waals surface area (Å²) in [7, 11) is -14.9. The highest BCUT2D eigenvalue weighted by Gasteiger charge is 2.31. The number of benzene rings is 2. The molecule has 27 heavy (non-hydrogen) atoms. The largest absolute Gasteiger partial charge is 0.464 e. The summed E-state index contributed by atoms with van der Waals surface area (Å²) in [5.74, 6) is -0.356. The monoisotopic (exact) mass is 433 g/mol. The van der Waals surface area contributed by atoms with Gasteiger partial charge >= 0.3 is 0 Å². The molecule has 0 bridgehead atoms. The Kier molecular flexibility index (Phi) is 4.41. The molecule has 0 atom stereocenters. The fourth-order valence-electron chi connectivity index (χ4n) is 2.51. The van der Waals surface area contributed by atoms with Crippen molar-refractivity contribution in [2.24, 2.45) is 0 Å². The number of hydrogen-bond acceptors (Lipinski definition) is 7. The van der Waals surface area contributed by atoms with Crippen molar-refractivity contribution in [3.8, 4) is 11.3 Å². The van der Waals surface area contributed by atoms with Gasteiger partial charge in [0.2, 0.25) is 0 Å². The second-order valence-electron chi connectivity index (χ2n) is 5.27. The third kappa shape index (κ3) is 3.60. The topological polar surface area (TPSA) is 176 Å². The molecule has 0 saturated heterocycles. The van der Waals surface area contributed by atoms with Gasteiger partial charge in [-0.05, 0) is 29.7 Å². The van der Waals surface area contributed by atoms with Gasteiger partial charge < -0.3 is 4.42 Å². The predicted molar refractivity (Wildman–Crippen MR) is 89.9 cm³/mol. The highest BCUT2D eigenvalue weighted by molar-refractivity contribution is 7.87. The maximum Gasteiger partial charge on any atom is 0.295 e. The van der Waals surface area contributed by atoms with Crippen molar-refractivity contribution in [1.82, 2.24) is 0 Å². The third-order valence-corrected chi connectivity index (χ3v) is 6.13. The minimum atomic E-state index is -5.16. The average molecular weight is 433 g/mol. The Morgan fingerprint density at radius 2 is 1.52 bits per heavy atom. The summed E-state index contributed by atoms with van der Waals surface area (Å²) in [6.07, 6.45) is 1.08. The molecule has 1 radical (unpaired) electrons. The van der Waals surface area contributed by atoms with Crippen LogP contribution >= 0.6 is 0 Å². The SMILES string of the molecule is O=S(=O)(O)c1ccc2[c]c(S(=O)(=O)O)c(-c3ccco3)c(S(=O)(=O)O)c2c1. The van der Waals surface area contributed by atoms with Crippen molar-refractivity contribution in [3.63, 3.8) is 0 Å². The molecule has 3 aromatic rings. The molecule has 0 spiro atoms. The Morgan fingerprint density at radius 1 is 0.852 bits per heavy atom. The Bertz CT molecular complexity index is 1370. The lowest BCUT2D eigenvalue weighted by atomic mass is 10.0. The predicted octanol–water partition coefficient (Wildman–Crippen LogP) is 1.64. The summed E-state index contributed by atoms with van der Waals surface area (Å²) in [6.45, 7) is 0. The van der Waals surface area contributed by atoms with Gasteiger partial charge in [0.25, 0.3) is 30.4 Å². The van der Waals surface area contributed by atoms with Crippen molar-refractivity contribution in [1.29, 1.82) is 0 Å². The van der Waals surface area contributed by atoms with Crippen molar-refractivity contribution >= 4 is 41.1 Å².